The lowest BCUT2D eigenvalue weighted by Crippen LogP contribution is -2.18. The molecule has 1 aromatic heterocycles. The third kappa shape index (κ3) is 3.64. The average molecular weight is 287 g/mol. The highest BCUT2D eigenvalue weighted by molar-refractivity contribution is 5.40. The summed E-state index contributed by atoms with van der Waals surface area (Å²) in [6.07, 6.45) is 2.19. The van der Waals surface area contributed by atoms with Crippen LogP contribution in [0.25, 0.3) is 5.69 Å². The summed E-state index contributed by atoms with van der Waals surface area (Å²) in [4.78, 5) is 0. The predicted molar refractivity (Wildman–Crippen MR) is 86.5 cm³/mol. The number of nitrogens with one attached hydrogen (secondary N) is 1. The average Bonchev–Trinajstić information content (AvgIpc) is 2.79. The van der Waals surface area contributed by atoms with Crippen LogP contribution in [0.4, 0.5) is 0 Å². The smallest absolute Gasteiger partial charge is 0.119 e. The second-order valence-corrected chi connectivity index (χ2v) is 5.26. The van der Waals surface area contributed by atoms with Gasteiger partial charge in [0.2, 0.25) is 0 Å². The van der Waals surface area contributed by atoms with Crippen LogP contribution in [-0.2, 0) is 6.42 Å². The first-order valence-electron chi connectivity index (χ1n) is 7.57. The van der Waals surface area contributed by atoms with E-state index >= 15 is 0 Å². The standard InChI is InChI=1S/C17H25N3O/c1-5-11-18-12-10-17-13(2)19-20(14(17)3)15-6-8-16(21-4)9-7-15/h6-9,18H,5,10-12H2,1-4H3. The Morgan fingerprint density at radius 2 is 1.86 bits per heavy atom. The minimum Gasteiger partial charge on any atom is -0.497 e. The van der Waals surface area contributed by atoms with Gasteiger partial charge in [-0.25, -0.2) is 4.68 Å². The van der Waals surface area contributed by atoms with Crippen LogP contribution in [-0.4, -0.2) is 30.0 Å². The van der Waals surface area contributed by atoms with E-state index < -0.39 is 0 Å². The summed E-state index contributed by atoms with van der Waals surface area (Å²) >= 11 is 0. The maximum atomic E-state index is 5.20. The molecule has 114 valence electrons. The van der Waals surface area contributed by atoms with Crippen molar-refractivity contribution in [2.75, 3.05) is 20.2 Å². The van der Waals surface area contributed by atoms with Crippen molar-refractivity contribution < 1.29 is 4.74 Å². The molecule has 1 N–H and O–H groups in total. The highest BCUT2D eigenvalue weighted by atomic mass is 16.5. The van der Waals surface area contributed by atoms with Crippen LogP contribution < -0.4 is 10.1 Å². The molecule has 0 unspecified atom stereocenters. The summed E-state index contributed by atoms with van der Waals surface area (Å²) in [5.74, 6) is 0.865. The van der Waals surface area contributed by atoms with Crippen molar-refractivity contribution in [1.82, 2.24) is 15.1 Å². The lowest BCUT2D eigenvalue weighted by molar-refractivity contribution is 0.414. The van der Waals surface area contributed by atoms with Gasteiger partial charge in [0.1, 0.15) is 5.75 Å². The molecule has 0 aliphatic rings. The fourth-order valence-corrected chi connectivity index (χ4v) is 2.53. The van der Waals surface area contributed by atoms with Crippen LogP contribution >= 0.6 is 0 Å². The highest BCUT2D eigenvalue weighted by Gasteiger charge is 2.12. The van der Waals surface area contributed by atoms with Crippen LogP contribution in [0, 0.1) is 13.8 Å². The van der Waals surface area contributed by atoms with Crippen molar-refractivity contribution in [3.05, 3.63) is 41.2 Å². The Kier molecular flexibility index (Phi) is 5.39. The summed E-state index contributed by atoms with van der Waals surface area (Å²) < 4.78 is 7.22. The van der Waals surface area contributed by atoms with Gasteiger partial charge in [0.05, 0.1) is 18.5 Å². The molecule has 0 spiro atoms. The van der Waals surface area contributed by atoms with E-state index in [0.717, 1.165) is 36.6 Å². The van der Waals surface area contributed by atoms with E-state index in [1.165, 1.54) is 17.7 Å². The minimum atomic E-state index is 0.865. The van der Waals surface area contributed by atoms with Crippen molar-refractivity contribution >= 4 is 0 Å². The third-order valence-electron chi connectivity index (χ3n) is 3.74. The minimum absolute atomic E-state index is 0.865. The zero-order valence-electron chi connectivity index (χ0n) is 13.4. The molecule has 0 radical (unpaired) electrons. The molecule has 0 atom stereocenters. The van der Waals surface area contributed by atoms with E-state index in [-0.39, 0.29) is 0 Å². The molecule has 0 amide bonds. The first-order chi connectivity index (χ1) is 10.2. The fraction of sp³-hybridized carbons (Fsp3) is 0.471. The second kappa shape index (κ2) is 7.27. The molecule has 1 aromatic carbocycles. The molecule has 21 heavy (non-hydrogen) atoms. The summed E-state index contributed by atoms with van der Waals surface area (Å²) in [6, 6.07) is 8.01. The van der Waals surface area contributed by atoms with Crippen LogP contribution in [0.1, 0.15) is 30.3 Å². The van der Waals surface area contributed by atoms with Gasteiger partial charge in [-0.15, -0.1) is 0 Å². The molecule has 0 bridgehead atoms. The van der Waals surface area contributed by atoms with Gasteiger partial charge in [-0.2, -0.15) is 5.10 Å². The zero-order chi connectivity index (χ0) is 15.2. The van der Waals surface area contributed by atoms with Crippen LogP contribution in [0.3, 0.4) is 0 Å². The Hall–Kier alpha value is -1.81. The van der Waals surface area contributed by atoms with Gasteiger partial charge in [0.15, 0.2) is 0 Å². The molecule has 0 fully saturated rings. The Balaban J connectivity index is 2.17. The zero-order valence-corrected chi connectivity index (χ0v) is 13.4. The number of methoxy groups -OCH3 is 1. The molecule has 0 saturated carbocycles. The third-order valence-corrected chi connectivity index (χ3v) is 3.74. The van der Waals surface area contributed by atoms with Crippen molar-refractivity contribution in [3.63, 3.8) is 0 Å². The molecule has 4 nitrogen and oxygen atoms in total. The molecule has 0 saturated heterocycles. The van der Waals surface area contributed by atoms with E-state index in [1.807, 2.05) is 28.9 Å². The molecular weight excluding hydrogens is 262 g/mol. The number of hydrogen-bond acceptors (Lipinski definition) is 3. The largest absolute Gasteiger partial charge is 0.497 e. The Morgan fingerprint density at radius 3 is 2.48 bits per heavy atom. The van der Waals surface area contributed by atoms with Crippen molar-refractivity contribution in [2.45, 2.75) is 33.6 Å². The van der Waals surface area contributed by atoms with Gasteiger partial charge in [0.25, 0.3) is 0 Å². The summed E-state index contributed by atoms with van der Waals surface area (Å²) in [6.45, 7) is 8.49. The number of rotatable bonds is 7. The van der Waals surface area contributed by atoms with Gasteiger partial charge in [-0.05, 0) is 69.6 Å². The topological polar surface area (TPSA) is 39.1 Å². The van der Waals surface area contributed by atoms with Gasteiger partial charge in [-0.1, -0.05) is 6.92 Å². The SMILES string of the molecule is CCCNCCc1c(C)nn(-c2ccc(OC)cc2)c1C. The van der Waals surface area contributed by atoms with E-state index in [9.17, 15) is 0 Å². The number of benzene rings is 1. The Morgan fingerprint density at radius 1 is 1.14 bits per heavy atom. The van der Waals surface area contributed by atoms with Gasteiger partial charge < -0.3 is 10.1 Å². The van der Waals surface area contributed by atoms with E-state index in [2.05, 4.69) is 31.2 Å². The van der Waals surface area contributed by atoms with Crippen molar-refractivity contribution in [2.24, 2.45) is 0 Å². The van der Waals surface area contributed by atoms with Crippen molar-refractivity contribution in [1.29, 1.82) is 0 Å². The maximum absolute atomic E-state index is 5.20. The molecule has 2 rings (SSSR count). The summed E-state index contributed by atoms with van der Waals surface area (Å²) in [7, 11) is 1.68. The van der Waals surface area contributed by atoms with Crippen LogP contribution in [0.15, 0.2) is 24.3 Å². The van der Waals surface area contributed by atoms with Gasteiger partial charge in [-0.3, -0.25) is 0 Å². The quantitative estimate of drug-likeness (QED) is 0.796. The van der Waals surface area contributed by atoms with Crippen LogP contribution in [0.5, 0.6) is 5.75 Å². The first kappa shape index (κ1) is 15.6. The predicted octanol–water partition coefficient (Wildman–Crippen LogP) is 3.04. The summed E-state index contributed by atoms with van der Waals surface area (Å²) in [5.41, 5.74) is 4.75. The van der Waals surface area contributed by atoms with Crippen LogP contribution in [0.2, 0.25) is 0 Å². The number of ether oxygens (including phenoxy) is 1. The molecule has 0 aliphatic carbocycles. The Bertz CT molecular complexity index is 572. The summed E-state index contributed by atoms with van der Waals surface area (Å²) in [5, 5.41) is 8.13. The first-order valence-corrected chi connectivity index (χ1v) is 7.57. The molecule has 1 heterocycles. The molecule has 4 heteroatoms. The number of nitrogens with zero attached hydrogens (tertiary/aromatic N) is 2. The highest BCUT2D eigenvalue weighted by Crippen LogP contribution is 2.20. The molecular formula is C17H25N3O. The van der Waals surface area contributed by atoms with E-state index in [1.54, 1.807) is 7.11 Å². The lowest BCUT2D eigenvalue weighted by atomic mass is 10.1. The number of aryl methyl sites for hydroxylation is 1. The Labute approximate surface area is 127 Å². The molecule has 2 aromatic rings. The van der Waals surface area contributed by atoms with E-state index in [0.29, 0.717) is 0 Å². The number of hydrogen-bond donors (Lipinski definition) is 1. The van der Waals surface area contributed by atoms with Gasteiger partial charge >= 0.3 is 0 Å². The normalized spacial score (nSPS) is 10.9. The lowest BCUT2D eigenvalue weighted by Gasteiger charge is -2.07. The number of aromatic nitrogens is 2. The van der Waals surface area contributed by atoms with E-state index in [4.69, 9.17) is 4.74 Å². The van der Waals surface area contributed by atoms with Gasteiger partial charge in [0, 0.05) is 5.69 Å². The second-order valence-electron chi connectivity index (χ2n) is 5.26. The van der Waals surface area contributed by atoms with Crippen molar-refractivity contribution in [3.8, 4) is 11.4 Å². The maximum Gasteiger partial charge on any atom is 0.119 e. The monoisotopic (exact) mass is 287 g/mol. The fourth-order valence-electron chi connectivity index (χ4n) is 2.53. The molecule has 0 aliphatic heterocycles.